The largest absolute Gasteiger partial charge is 0.325 e. The Bertz CT molecular complexity index is 1860. The highest BCUT2D eigenvalue weighted by molar-refractivity contribution is 8.00. The number of carbonyl (C=O) groups excluding carboxylic acids is 3. The molecule has 3 N–H and O–H groups in total. The SMILES string of the molecule is Cc1cc(C)cc(NC(=O)C(Sc2cccc(NC(=O)/C(=C/c3ccc(Cl)cc3)NC(=O)c3ccccc3)c2)c2ccccc2)c1. The van der Waals surface area contributed by atoms with Crippen LogP contribution >= 0.6 is 23.4 Å². The van der Waals surface area contributed by atoms with Crippen molar-refractivity contribution in [3.05, 3.63) is 166 Å². The Morgan fingerprint density at radius 3 is 2.02 bits per heavy atom. The van der Waals surface area contributed by atoms with Crippen molar-refractivity contribution < 1.29 is 14.4 Å². The van der Waals surface area contributed by atoms with Crippen LogP contribution in [0.5, 0.6) is 0 Å². The van der Waals surface area contributed by atoms with Crippen LogP contribution in [0.2, 0.25) is 5.02 Å². The number of hydrogen-bond donors (Lipinski definition) is 3. The number of anilines is 2. The van der Waals surface area contributed by atoms with Crippen molar-refractivity contribution in [2.75, 3.05) is 10.6 Å². The lowest BCUT2D eigenvalue weighted by Gasteiger charge is -2.18. The summed E-state index contributed by atoms with van der Waals surface area (Å²) in [5, 5.41) is 8.73. The Morgan fingerprint density at radius 1 is 0.696 bits per heavy atom. The molecule has 0 saturated carbocycles. The zero-order valence-corrected chi connectivity index (χ0v) is 26.9. The molecule has 0 aliphatic heterocycles. The van der Waals surface area contributed by atoms with Gasteiger partial charge < -0.3 is 16.0 Å². The van der Waals surface area contributed by atoms with E-state index in [9.17, 15) is 14.4 Å². The highest BCUT2D eigenvalue weighted by atomic mass is 35.5. The van der Waals surface area contributed by atoms with Gasteiger partial charge in [0.1, 0.15) is 10.9 Å². The lowest BCUT2D eigenvalue weighted by molar-refractivity contribution is -0.116. The van der Waals surface area contributed by atoms with Gasteiger partial charge in [-0.2, -0.15) is 0 Å². The Hall–Kier alpha value is -5.11. The number of hydrogen-bond acceptors (Lipinski definition) is 4. The van der Waals surface area contributed by atoms with Crippen LogP contribution in [0.4, 0.5) is 11.4 Å². The lowest BCUT2D eigenvalue weighted by Crippen LogP contribution is -2.30. The second-order valence-electron chi connectivity index (χ2n) is 10.7. The van der Waals surface area contributed by atoms with Crippen molar-refractivity contribution in [2.24, 2.45) is 0 Å². The molecule has 3 amide bonds. The summed E-state index contributed by atoms with van der Waals surface area (Å²) >= 11 is 7.43. The Morgan fingerprint density at radius 2 is 1.35 bits per heavy atom. The zero-order valence-electron chi connectivity index (χ0n) is 25.3. The standard InChI is InChI=1S/C38H32ClN3O3S/c1-25-20-26(2)22-32(21-25)41-38(45)35(28-10-5-3-6-11-28)46-33-15-9-14-31(24-33)40-37(44)34(23-27-16-18-30(39)19-17-27)42-36(43)29-12-7-4-8-13-29/h3-24,35H,1-2H3,(H,40,44)(H,41,45)(H,42,43)/b34-23-. The number of carbonyl (C=O) groups is 3. The second-order valence-corrected chi connectivity index (χ2v) is 12.3. The highest BCUT2D eigenvalue weighted by Crippen LogP contribution is 2.37. The van der Waals surface area contributed by atoms with E-state index < -0.39 is 17.1 Å². The number of halogens is 1. The zero-order chi connectivity index (χ0) is 32.5. The van der Waals surface area contributed by atoms with Crippen LogP contribution in [0, 0.1) is 13.8 Å². The molecule has 0 saturated heterocycles. The maximum atomic E-state index is 13.6. The van der Waals surface area contributed by atoms with Crippen molar-refractivity contribution >= 4 is 58.5 Å². The lowest BCUT2D eigenvalue weighted by atomic mass is 10.1. The van der Waals surface area contributed by atoms with Gasteiger partial charge in [-0.25, -0.2) is 0 Å². The molecule has 0 heterocycles. The fourth-order valence-corrected chi connectivity index (χ4v) is 6.01. The van der Waals surface area contributed by atoms with Crippen LogP contribution in [-0.2, 0) is 9.59 Å². The average Bonchev–Trinajstić information content (AvgIpc) is 3.04. The van der Waals surface area contributed by atoms with E-state index in [1.807, 2.05) is 80.6 Å². The third-order valence-corrected chi connectivity index (χ3v) is 8.39. The molecule has 0 aromatic heterocycles. The molecule has 0 spiro atoms. The molecule has 5 aromatic carbocycles. The van der Waals surface area contributed by atoms with Crippen LogP contribution in [0.15, 0.2) is 138 Å². The molecule has 0 radical (unpaired) electrons. The first-order chi connectivity index (χ1) is 22.2. The summed E-state index contributed by atoms with van der Waals surface area (Å²) in [5.41, 5.74) is 5.38. The van der Waals surface area contributed by atoms with E-state index >= 15 is 0 Å². The summed E-state index contributed by atoms with van der Waals surface area (Å²) in [6.45, 7) is 3.99. The maximum absolute atomic E-state index is 13.6. The first-order valence-corrected chi connectivity index (χ1v) is 15.8. The first-order valence-electron chi connectivity index (χ1n) is 14.6. The number of rotatable bonds is 10. The topological polar surface area (TPSA) is 87.3 Å². The second kappa shape index (κ2) is 15.3. The Kier molecular flexibility index (Phi) is 10.7. The molecule has 5 aromatic rings. The molecule has 1 atom stereocenters. The molecule has 1 unspecified atom stereocenters. The highest BCUT2D eigenvalue weighted by Gasteiger charge is 2.23. The van der Waals surface area contributed by atoms with E-state index in [4.69, 9.17) is 11.6 Å². The fraction of sp³-hybridized carbons (Fsp3) is 0.0789. The van der Waals surface area contributed by atoms with Crippen molar-refractivity contribution in [2.45, 2.75) is 24.0 Å². The first kappa shape index (κ1) is 32.3. The van der Waals surface area contributed by atoms with E-state index in [2.05, 4.69) is 22.0 Å². The van der Waals surface area contributed by atoms with Crippen molar-refractivity contribution in [3.63, 3.8) is 0 Å². The summed E-state index contributed by atoms with van der Waals surface area (Å²) in [7, 11) is 0. The molecular weight excluding hydrogens is 614 g/mol. The molecule has 0 aliphatic rings. The number of nitrogens with one attached hydrogen (secondary N) is 3. The smallest absolute Gasteiger partial charge is 0.272 e. The monoisotopic (exact) mass is 645 g/mol. The van der Waals surface area contributed by atoms with Crippen molar-refractivity contribution in [1.82, 2.24) is 5.32 Å². The maximum Gasteiger partial charge on any atom is 0.272 e. The van der Waals surface area contributed by atoms with E-state index in [0.29, 0.717) is 21.8 Å². The van der Waals surface area contributed by atoms with Gasteiger partial charge in [0, 0.05) is 26.9 Å². The summed E-state index contributed by atoms with van der Waals surface area (Å²) in [4.78, 5) is 41.0. The van der Waals surface area contributed by atoms with E-state index in [1.165, 1.54) is 11.8 Å². The van der Waals surface area contributed by atoms with Crippen LogP contribution in [0.1, 0.15) is 37.9 Å². The van der Waals surface area contributed by atoms with E-state index in [-0.39, 0.29) is 11.6 Å². The van der Waals surface area contributed by atoms with Crippen LogP contribution in [0.3, 0.4) is 0 Å². The number of aryl methyl sites for hydroxylation is 2. The number of thioether (sulfide) groups is 1. The normalized spacial score (nSPS) is 11.8. The molecule has 8 heteroatoms. The minimum Gasteiger partial charge on any atom is -0.325 e. The average molecular weight is 646 g/mol. The van der Waals surface area contributed by atoms with Crippen LogP contribution < -0.4 is 16.0 Å². The van der Waals surface area contributed by atoms with Gasteiger partial charge in [0.25, 0.3) is 11.8 Å². The third kappa shape index (κ3) is 8.97. The Balaban J connectivity index is 1.37. The van der Waals surface area contributed by atoms with E-state index in [1.54, 1.807) is 60.7 Å². The summed E-state index contributed by atoms with van der Waals surface area (Å²) < 4.78 is 0. The number of amides is 3. The summed E-state index contributed by atoms with van der Waals surface area (Å²) in [6.07, 6.45) is 1.59. The van der Waals surface area contributed by atoms with Gasteiger partial charge in [-0.15, -0.1) is 11.8 Å². The fourth-order valence-electron chi connectivity index (χ4n) is 4.81. The third-order valence-electron chi connectivity index (χ3n) is 6.89. The molecule has 0 fully saturated rings. The summed E-state index contributed by atoms with van der Waals surface area (Å²) in [6, 6.07) is 38.4. The predicted octanol–water partition coefficient (Wildman–Crippen LogP) is 8.84. The summed E-state index contributed by atoms with van der Waals surface area (Å²) in [5.74, 6) is -1.08. The molecule has 0 aliphatic carbocycles. The van der Waals surface area contributed by atoms with Gasteiger partial charge in [0.05, 0.1) is 0 Å². The van der Waals surface area contributed by atoms with Gasteiger partial charge in [-0.1, -0.05) is 84.4 Å². The molecular formula is C38H32ClN3O3S. The minimum absolute atomic E-state index is 0.0595. The van der Waals surface area contributed by atoms with Gasteiger partial charge in [0.2, 0.25) is 5.91 Å². The number of benzene rings is 5. The predicted molar refractivity (Wildman–Crippen MR) is 188 cm³/mol. The van der Waals surface area contributed by atoms with Crippen molar-refractivity contribution in [3.8, 4) is 0 Å². The van der Waals surface area contributed by atoms with Gasteiger partial charge in [-0.3, -0.25) is 14.4 Å². The van der Waals surface area contributed by atoms with Crippen LogP contribution in [0.25, 0.3) is 6.08 Å². The molecule has 0 bridgehead atoms. The molecule has 230 valence electrons. The van der Waals surface area contributed by atoms with Crippen LogP contribution in [-0.4, -0.2) is 17.7 Å². The van der Waals surface area contributed by atoms with Gasteiger partial charge in [-0.05, 0) is 96.8 Å². The van der Waals surface area contributed by atoms with E-state index in [0.717, 1.165) is 27.3 Å². The molecule has 5 rings (SSSR count). The Labute approximate surface area is 277 Å². The van der Waals surface area contributed by atoms with Crippen molar-refractivity contribution in [1.29, 1.82) is 0 Å². The van der Waals surface area contributed by atoms with Gasteiger partial charge >= 0.3 is 0 Å². The van der Waals surface area contributed by atoms with Gasteiger partial charge in [0.15, 0.2) is 0 Å². The minimum atomic E-state index is -0.557. The molecule has 46 heavy (non-hydrogen) atoms. The quantitative estimate of drug-likeness (QED) is 0.105. The molecule has 6 nitrogen and oxygen atoms in total.